The molecule has 3 aromatic rings. The van der Waals surface area contributed by atoms with Crippen molar-refractivity contribution >= 4 is 27.3 Å². The standard InChI is InChI=1S/C25H25FN2O6S/c1-17(2)34-21-8-4-6-19(14-21)27-25(29)16-28(20-7-3-5-18(26)13-20)35(30,31)22-9-10-23-24(15-22)33-12-11-32-23/h3-10,13-15,17H,11-12,16H2,1-2H3,(H,27,29). The lowest BCUT2D eigenvalue weighted by Crippen LogP contribution is -2.38. The highest BCUT2D eigenvalue weighted by Gasteiger charge is 2.29. The Bertz CT molecular complexity index is 1330. The molecule has 3 aromatic carbocycles. The predicted octanol–water partition coefficient (Wildman–Crippen LogP) is 4.22. The molecule has 0 saturated carbocycles. The Morgan fingerprint density at radius 1 is 1.03 bits per heavy atom. The third-order valence-corrected chi connectivity index (χ3v) is 6.74. The van der Waals surface area contributed by atoms with Crippen molar-refractivity contribution in [3.63, 3.8) is 0 Å². The van der Waals surface area contributed by atoms with E-state index < -0.39 is 28.3 Å². The lowest BCUT2D eigenvalue weighted by Gasteiger charge is -2.25. The van der Waals surface area contributed by atoms with Crippen LogP contribution in [0.5, 0.6) is 17.2 Å². The van der Waals surface area contributed by atoms with Crippen LogP contribution in [0.1, 0.15) is 13.8 Å². The molecule has 0 bridgehead atoms. The molecule has 0 spiro atoms. The number of hydrogen-bond donors (Lipinski definition) is 1. The number of fused-ring (bicyclic) bond motifs is 1. The van der Waals surface area contributed by atoms with Crippen molar-refractivity contribution in [3.05, 3.63) is 72.5 Å². The fourth-order valence-electron chi connectivity index (χ4n) is 3.51. The molecule has 1 aliphatic heterocycles. The van der Waals surface area contributed by atoms with E-state index >= 15 is 0 Å². The zero-order valence-electron chi connectivity index (χ0n) is 19.2. The molecule has 1 aliphatic rings. The van der Waals surface area contributed by atoms with Gasteiger partial charge in [0, 0.05) is 17.8 Å². The number of carbonyl (C=O) groups excluding carboxylic acids is 1. The van der Waals surface area contributed by atoms with Crippen LogP contribution < -0.4 is 23.8 Å². The molecule has 0 fully saturated rings. The second-order valence-corrected chi connectivity index (χ2v) is 9.90. The quantitative estimate of drug-likeness (QED) is 0.498. The lowest BCUT2D eigenvalue weighted by atomic mass is 10.3. The average molecular weight is 501 g/mol. The molecule has 0 aromatic heterocycles. The summed E-state index contributed by atoms with van der Waals surface area (Å²) in [6.07, 6.45) is -0.0550. The van der Waals surface area contributed by atoms with Crippen LogP contribution in [-0.2, 0) is 14.8 Å². The van der Waals surface area contributed by atoms with E-state index in [2.05, 4.69) is 5.32 Å². The summed E-state index contributed by atoms with van der Waals surface area (Å²) in [4.78, 5) is 12.8. The second kappa shape index (κ2) is 10.2. The van der Waals surface area contributed by atoms with Crippen molar-refractivity contribution in [2.75, 3.05) is 29.4 Å². The summed E-state index contributed by atoms with van der Waals surface area (Å²) in [7, 11) is -4.27. The van der Waals surface area contributed by atoms with Gasteiger partial charge in [-0.1, -0.05) is 12.1 Å². The van der Waals surface area contributed by atoms with Crippen LogP contribution in [0.3, 0.4) is 0 Å². The minimum atomic E-state index is -4.27. The second-order valence-electron chi connectivity index (χ2n) is 8.04. The van der Waals surface area contributed by atoms with Gasteiger partial charge in [-0.3, -0.25) is 9.10 Å². The highest BCUT2D eigenvalue weighted by molar-refractivity contribution is 7.92. The average Bonchev–Trinajstić information content (AvgIpc) is 2.82. The number of sulfonamides is 1. The van der Waals surface area contributed by atoms with E-state index in [1.165, 1.54) is 36.4 Å². The predicted molar refractivity (Wildman–Crippen MR) is 129 cm³/mol. The van der Waals surface area contributed by atoms with Crippen molar-refractivity contribution in [3.8, 4) is 17.2 Å². The van der Waals surface area contributed by atoms with Crippen LogP contribution in [-0.4, -0.2) is 40.2 Å². The van der Waals surface area contributed by atoms with Gasteiger partial charge in [0.25, 0.3) is 10.0 Å². The van der Waals surface area contributed by atoms with E-state index in [4.69, 9.17) is 14.2 Å². The highest BCUT2D eigenvalue weighted by Crippen LogP contribution is 2.34. The molecule has 0 saturated heterocycles. The Hall–Kier alpha value is -3.79. The summed E-state index contributed by atoms with van der Waals surface area (Å²) in [5.74, 6) is 0.0151. The topological polar surface area (TPSA) is 94.2 Å². The molecule has 1 amide bonds. The fraction of sp³-hybridized carbons (Fsp3) is 0.240. The molecule has 0 aliphatic carbocycles. The zero-order valence-corrected chi connectivity index (χ0v) is 20.0. The molecule has 8 nitrogen and oxygen atoms in total. The summed E-state index contributed by atoms with van der Waals surface area (Å²) in [5.41, 5.74) is 0.441. The van der Waals surface area contributed by atoms with E-state index in [9.17, 15) is 17.6 Å². The smallest absolute Gasteiger partial charge is 0.264 e. The number of anilines is 2. The number of nitrogens with zero attached hydrogens (tertiary/aromatic N) is 1. The first-order valence-corrected chi connectivity index (χ1v) is 12.4. The van der Waals surface area contributed by atoms with Gasteiger partial charge in [0.15, 0.2) is 11.5 Å². The Kier molecular flexibility index (Phi) is 7.11. The van der Waals surface area contributed by atoms with Crippen molar-refractivity contribution in [1.29, 1.82) is 0 Å². The van der Waals surface area contributed by atoms with Gasteiger partial charge >= 0.3 is 0 Å². The van der Waals surface area contributed by atoms with Gasteiger partial charge in [-0.15, -0.1) is 0 Å². The van der Waals surface area contributed by atoms with Crippen LogP contribution in [0.2, 0.25) is 0 Å². The van der Waals surface area contributed by atoms with Gasteiger partial charge in [-0.2, -0.15) is 0 Å². The number of benzene rings is 3. The van der Waals surface area contributed by atoms with E-state index in [0.717, 1.165) is 10.4 Å². The Labute approximate surface area is 203 Å². The minimum Gasteiger partial charge on any atom is -0.491 e. The Morgan fingerprint density at radius 2 is 1.77 bits per heavy atom. The van der Waals surface area contributed by atoms with Crippen LogP contribution in [0.25, 0.3) is 0 Å². The number of rotatable bonds is 8. The molecule has 4 rings (SSSR count). The number of hydrogen-bond acceptors (Lipinski definition) is 6. The molecule has 0 atom stereocenters. The van der Waals surface area contributed by atoms with Crippen molar-refractivity contribution in [2.24, 2.45) is 0 Å². The van der Waals surface area contributed by atoms with Crippen molar-refractivity contribution in [2.45, 2.75) is 24.8 Å². The third kappa shape index (κ3) is 5.83. The number of amides is 1. The maximum Gasteiger partial charge on any atom is 0.264 e. The van der Waals surface area contributed by atoms with Crippen LogP contribution >= 0.6 is 0 Å². The maximum atomic E-state index is 14.0. The minimum absolute atomic E-state index is 0.00642. The van der Waals surface area contributed by atoms with Gasteiger partial charge in [0.1, 0.15) is 31.3 Å². The molecular weight excluding hydrogens is 475 g/mol. The summed E-state index contributed by atoms with van der Waals surface area (Å²) in [6.45, 7) is 3.81. The lowest BCUT2D eigenvalue weighted by molar-refractivity contribution is -0.114. The van der Waals surface area contributed by atoms with Gasteiger partial charge in [-0.05, 0) is 56.3 Å². The maximum absolute atomic E-state index is 14.0. The van der Waals surface area contributed by atoms with Gasteiger partial charge in [0.05, 0.1) is 16.7 Å². The SMILES string of the molecule is CC(C)Oc1cccc(NC(=O)CN(c2cccc(F)c2)S(=O)(=O)c2ccc3c(c2)OCCO3)c1. The molecule has 0 unspecified atom stereocenters. The first-order valence-electron chi connectivity index (χ1n) is 11.0. The van der Waals surface area contributed by atoms with Gasteiger partial charge in [-0.25, -0.2) is 12.8 Å². The van der Waals surface area contributed by atoms with E-state index in [1.54, 1.807) is 24.3 Å². The van der Waals surface area contributed by atoms with E-state index in [-0.39, 0.29) is 29.0 Å². The fourth-order valence-corrected chi connectivity index (χ4v) is 4.94. The van der Waals surface area contributed by atoms with Crippen LogP contribution in [0.4, 0.5) is 15.8 Å². The molecular formula is C25H25FN2O6S. The van der Waals surface area contributed by atoms with E-state index in [1.807, 2.05) is 13.8 Å². The van der Waals surface area contributed by atoms with Crippen molar-refractivity contribution in [1.82, 2.24) is 0 Å². The summed E-state index contributed by atoms with van der Waals surface area (Å²) in [5, 5.41) is 2.68. The summed E-state index contributed by atoms with van der Waals surface area (Å²) < 4.78 is 58.7. The van der Waals surface area contributed by atoms with Crippen LogP contribution in [0.15, 0.2) is 71.6 Å². The van der Waals surface area contributed by atoms with Crippen molar-refractivity contribution < 1.29 is 31.8 Å². The molecule has 184 valence electrons. The molecule has 1 heterocycles. The van der Waals surface area contributed by atoms with Gasteiger partial charge < -0.3 is 19.5 Å². The molecule has 35 heavy (non-hydrogen) atoms. The first kappa shape index (κ1) is 24.3. The number of ether oxygens (including phenoxy) is 3. The number of carbonyl (C=O) groups is 1. The molecule has 10 heteroatoms. The molecule has 0 radical (unpaired) electrons. The summed E-state index contributed by atoms with van der Waals surface area (Å²) in [6, 6.07) is 16.0. The van der Waals surface area contributed by atoms with Gasteiger partial charge in [0.2, 0.25) is 5.91 Å². The Morgan fingerprint density at radius 3 is 2.51 bits per heavy atom. The number of halogens is 1. The summed E-state index contributed by atoms with van der Waals surface area (Å²) >= 11 is 0. The normalized spacial score (nSPS) is 12.8. The monoisotopic (exact) mass is 500 g/mol. The van der Waals surface area contributed by atoms with Crippen LogP contribution in [0, 0.1) is 5.82 Å². The highest BCUT2D eigenvalue weighted by atomic mass is 32.2. The Balaban J connectivity index is 1.63. The number of nitrogens with one attached hydrogen (secondary N) is 1. The largest absolute Gasteiger partial charge is 0.491 e. The molecule has 1 N–H and O–H groups in total. The zero-order chi connectivity index (χ0) is 25.0. The third-order valence-electron chi connectivity index (χ3n) is 4.97. The first-order chi connectivity index (χ1) is 16.7. The van der Waals surface area contributed by atoms with E-state index in [0.29, 0.717) is 23.8 Å².